The van der Waals surface area contributed by atoms with Gasteiger partial charge in [0.15, 0.2) is 0 Å². The van der Waals surface area contributed by atoms with Crippen molar-refractivity contribution in [1.82, 2.24) is 5.32 Å². The SMILES string of the molecule is CC(CC(=O)CC1CC2CCC1C2)C1CCCNC1. The van der Waals surface area contributed by atoms with Crippen molar-refractivity contribution >= 4 is 5.78 Å². The van der Waals surface area contributed by atoms with Gasteiger partial charge in [0, 0.05) is 12.8 Å². The second-order valence-corrected chi connectivity index (χ2v) is 7.47. The monoisotopic (exact) mass is 263 g/mol. The van der Waals surface area contributed by atoms with Crippen LogP contribution in [0.15, 0.2) is 0 Å². The fourth-order valence-electron chi connectivity index (χ4n) is 4.89. The van der Waals surface area contributed by atoms with Crippen LogP contribution in [0.2, 0.25) is 0 Å². The molecule has 2 saturated carbocycles. The summed E-state index contributed by atoms with van der Waals surface area (Å²) in [5.74, 6) is 4.50. The van der Waals surface area contributed by atoms with E-state index in [0.717, 1.165) is 43.1 Å². The Labute approximate surface area is 117 Å². The van der Waals surface area contributed by atoms with E-state index >= 15 is 0 Å². The summed E-state index contributed by atoms with van der Waals surface area (Å²) in [4.78, 5) is 12.3. The van der Waals surface area contributed by atoms with Crippen LogP contribution in [-0.2, 0) is 4.79 Å². The Balaban J connectivity index is 1.43. The lowest BCUT2D eigenvalue weighted by atomic mass is 9.80. The van der Waals surface area contributed by atoms with Crippen LogP contribution in [0.4, 0.5) is 0 Å². The number of carbonyl (C=O) groups is 1. The number of piperidine rings is 1. The van der Waals surface area contributed by atoms with E-state index in [1.54, 1.807) is 0 Å². The van der Waals surface area contributed by atoms with Gasteiger partial charge in [0.05, 0.1) is 0 Å². The van der Waals surface area contributed by atoms with Gasteiger partial charge in [0.2, 0.25) is 0 Å². The molecular formula is C17H29NO. The Bertz CT molecular complexity index is 321. The zero-order valence-corrected chi connectivity index (χ0v) is 12.4. The number of rotatable bonds is 5. The van der Waals surface area contributed by atoms with Crippen molar-refractivity contribution in [2.24, 2.45) is 29.6 Å². The summed E-state index contributed by atoms with van der Waals surface area (Å²) in [7, 11) is 0. The van der Waals surface area contributed by atoms with Gasteiger partial charge in [0.25, 0.3) is 0 Å². The maximum Gasteiger partial charge on any atom is 0.133 e. The summed E-state index contributed by atoms with van der Waals surface area (Å²) in [6.07, 6.45) is 9.97. The molecule has 1 heterocycles. The van der Waals surface area contributed by atoms with E-state index in [1.807, 2.05) is 0 Å². The van der Waals surface area contributed by atoms with Gasteiger partial charge in [-0.15, -0.1) is 0 Å². The molecule has 1 saturated heterocycles. The quantitative estimate of drug-likeness (QED) is 0.823. The summed E-state index contributed by atoms with van der Waals surface area (Å²) in [5, 5.41) is 3.47. The van der Waals surface area contributed by atoms with Crippen LogP contribution < -0.4 is 5.32 Å². The van der Waals surface area contributed by atoms with Crippen LogP contribution in [0.1, 0.15) is 58.3 Å². The molecule has 0 spiro atoms. The Morgan fingerprint density at radius 1 is 1.26 bits per heavy atom. The molecule has 2 aliphatic carbocycles. The third-order valence-corrected chi connectivity index (χ3v) is 6.06. The van der Waals surface area contributed by atoms with E-state index in [9.17, 15) is 4.79 Å². The summed E-state index contributed by atoms with van der Waals surface area (Å²) < 4.78 is 0. The van der Waals surface area contributed by atoms with Crippen molar-refractivity contribution in [3.8, 4) is 0 Å². The molecule has 3 rings (SSSR count). The summed E-state index contributed by atoms with van der Waals surface area (Å²) in [6.45, 7) is 4.58. The smallest absolute Gasteiger partial charge is 0.133 e. The van der Waals surface area contributed by atoms with Gasteiger partial charge in [-0.1, -0.05) is 13.3 Å². The average Bonchev–Trinajstić information content (AvgIpc) is 3.02. The molecule has 108 valence electrons. The summed E-state index contributed by atoms with van der Waals surface area (Å²) in [5.41, 5.74) is 0. The highest BCUT2D eigenvalue weighted by molar-refractivity contribution is 5.79. The highest BCUT2D eigenvalue weighted by Crippen LogP contribution is 2.49. The van der Waals surface area contributed by atoms with Gasteiger partial charge in [-0.2, -0.15) is 0 Å². The maximum atomic E-state index is 12.3. The van der Waals surface area contributed by atoms with Gasteiger partial charge >= 0.3 is 0 Å². The highest BCUT2D eigenvalue weighted by Gasteiger charge is 2.40. The standard InChI is InChI=1S/C17H29NO/c1-12(15-3-2-6-18-11-15)7-17(19)10-16-9-13-4-5-14(16)8-13/h12-16,18H,2-11H2,1H3. The molecule has 2 nitrogen and oxygen atoms in total. The number of Topliss-reactive ketones (excluding diaryl/α,β-unsaturated/α-hetero) is 1. The summed E-state index contributed by atoms with van der Waals surface area (Å²) >= 11 is 0. The van der Waals surface area contributed by atoms with Crippen LogP contribution in [-0.4, -0.2) is 18.9 Å². The molecule has 5 atom stereocenters. The predicted octanol–water partition coefficient (Wildman–Crippen LogP) is 3.41. The Morgan fingerprint density at radius 3 is 2.79 bits per heavy atom. The number of nitrogens with one attached hydrogen (secondary N) is 1. The molecule has 0 radical (unpaired) electrons. The number of hydrogen-bond acceptors (Lipinski definition) is 2. The third-order valence-electron chi connectivity index (χ3n) is 6.06. The number of carbonyl (C=O) groups excluding carboxylic acids is 1. The van der Waals surface area contributed by atoms with Crippen molar-refractivity contribution < 1.29 is 4.79 Å². The first-order valence-corrected chi connectivity index (χ1v) is 8.44. The minimum absolute atomic E-state index is 0.552. The van der Waals surface area contributed by atoms with Crippen LogP contribution in [0.5, 0.6) is 0 Å². The van der Waals surface area contributed by atoms with Crippen LogP contribution in [0.3, 0.4) is 0 Å². The van der Waals surface area contributed by atoms with Gasteiger partial charge in [0.1, 0.15) is 5.78 Å². The first-order chi connectivity index (χ1) is 9.22. The van der Waals surface area contributed by atoms with Crippen molar-refractivity contribution in [3.63, 3.8) is 0 Å². The number of hydrogen-bond donors (Lipinski definition) is 1. The highest BCUT2D eigenvalue weighted by atomic mass is 16.1. The summed E-state index contributed by atoms with van der Waals surface area (Å²) in [6, 6.07) is 0. The van der Waals surface area contributed by atoms with Crippen molar-refractivity contribution in [2.75, 3.05) is 13.1 Å². The maximum absolute atomic E-state index is 12.3. The van der Waals surface area contributed by atoms with E-state index < -0.39 is 0 Å². The molecule has 3 aliphatic rings. The molecular weight excluding hydrogens is 234 g/mol. The minimum Gasteiger partial charge on any atom is -0.316 e. The van der Waals surface area contributed by atoms with Gasteiger partial charge in [-0.3, -0.25) is 4.79 Å². The first-order valence-electron chi connectivity index (χ1n) is 8.44. The topological polar surface area (TPSA) is 29.1 Å². The lowest BCUT2D eigenvalue weighted by Crippen LogP contribution is -2.34. The van der Waals surface area contributed by atoms with Gasteiger partial charge in [-0.25, -0.2) is 0 Å². The Hall–Kier alpha value is -0.370. The molecule has 2 bridgehead atoms. The first kappa shape index (κ1) is 13.6. The van der Waals surface area contributed by atoms with E-state index in [-0.39, 0.29) is 0 Å². The van der Waals surface area contributed by atoms with Crippen molar-refractivity contribution in [3.05, 3.63) is 0 Å². The van der Waals surface area contributed by atoms with Gasteiger partial charge < -0.3 is 5.32 Å². The molecule has 0 aromatic carbocycles. The molecule has 19 heavy (non-hydrogen) atoms. The Kier molecular flexibility index (Phi) is 4.26. The molecule has 1 N–H and O–H groups in total. The zero-order chi connectivity index (χ0) is 13.2. The van der Waals surface area contributed by atoms with Crippen molar-refractivity contribution in [1.29, 1.82) is 0 Å². The lowest BCUT2D eigenvalue weighted by Gasteiger charge is -2.28. The minimum atomic E-state index is 0.552. The fourth-order valence-corrected chi connectivity index (χ4v) is 4.89. The predicted molar refractivity (Wildman–Crippen MR) is 77.9 cm³/mol. The molecule has 0 amide bonds. The molecule has 0 aromatic heterocycles. The second kappa shape index (κ2) is 5.95. The van der Waals surface area contributed by atoms with Gasteiger partial charge in [-0.05, 0) is 74.8 Å². The fraction of sp³-hybridized carbons (Fsp3) is 0.941. The van der Waals surface area contributed by atoms with E-state index in [4.69, 9.17) is 0 Å². The molecule has 0 aromatic rings. The average molecular weight is 263 g/mol. The molecule has 1 aliphatic heterocycles. The van der Waals surface area contributed by atoms with E-state index in [1.165, 1.54) is 45.1 Å². The normalized spacial score (nSPS) is 39.4. The largest absolute Gasteiger partial charge is 0.316 e. The van der Waals surface area contributed by atoms with E-state index in [0.29, 0.717) is 11.7 Å². The second-order valence-electron chi connectivity index (χ2n) is 7.47. The number of fused-ring (bicyclic) bond motifs is 2. The zero-order valence-electron chi connectivity index (χ0n) is 12.4. The lowest BCUT2D eigenvalue weighted by molar-refractivity contribution is -0.121. The van der Waals surface area contributed by atoms with E-state index in [2.05, 4.69) is 12.2 Å². The van der Waals surface area contributed by atoms with Crippen LogP contribution >= 0.6 is 0 Å². The van der Waals surface area contributed by atoms with Crippen LogP contribution in [0, 0.1) is 29.6 Å². The number of ketones is 1. The molecule has 3 fully saturated rings. The van der Waals surface area contributed by atoms with Crippen molar-refractivity contribution in [2.45, 2.75) is 58.3 Å². The third kappa shape index (κ3) is 3.21. The Morgan fingerprint density at radius 2 is 2.16 bits per heavy atom. The molecule has 5 unspecified atom stereocenters. The molecule has 2 heteroatoms. The van der Waals surface area contributed by atoms with Crippen LogP contribution in [0.25, 0.3) is 0 Å².